The summed E-state index contributed by atoms with van der Waals surface area (Å²) in [5, 5.41) is 8.03. The monoisotopic (exact) mass is 418 g/mol. The first-order chi connectivity index (χ1) is 14.9. The number of hydrogen-bond acceptors (Lipinski definition) is 3. The van der Waals surface area contributed by atoms with Gasteiger partial charge in [-0.1, -0.05) is 43.5 Å². The fraction of sp³-hybridized carbons (Fsp3) is 0.519. The zero-order valence-corrected chi connectivity index (χ0v) is 19.4. The molecule has 1 aromatic heterocycles. The zero-order chi connectivity index (χ0) is 21.8. The van der Waals surface area contributed by atoms with Crippen LogP contribution >= 0.6 is 0 Å². The Bertz CT molecular complexity index is 895. The highest BCUT2D eigenvalue weighted by Gasteiger charge is 2.45. The lowest BCUT2D eigenvalue weighted by molar-refractivity contribution is -0.0137. The zero-order valence-electron chi connectivity index (χ0n) is 19.4. The van der Waals surface area contributed by atoms with E-state index in [1.165, 1.54) is 49.9 Å². The molecule has 2 aromatic rings. The van der Waals surface area contributed by atoms with Crippen molar-refractivity contribution in [3.05, 3.63) is 72.2 Å². The summed E-state index contributed by atoms with van der Waals surface area (Å²) < 4.78 is 1.86. The van der Waals surface area contributed by atoms with Crippen LogP contribution in [0, 0.1) is 18.3 Å². The molecule has 0 radical (unpaired) electrons. The molecule has 1 saturated heterocycles. The first-order valence-corrected chi connectivity index (χ1v) is 11.8. The Balaban J connectivity index is 1.12. The molecule has 4 rings (SSSR count). The van der Waals surface area contributed by atoms with Crippen LogP contribution in [0.5, 0.6) is 0 Å². The maximum atomic E-state index is 4.42. The largest absolute Gasteiger partial charge is 0.389 e. The van der Waals surface area contributed by atoms with Crippen LogP contribution in [0.3, 0.4) is 0 Å². The minimum absolute atomic E-state index is 0.618. The van der Waals surface area contributed by atoms with Crippen LogP contribution in [-0.4, -0.2) is 34.3 Å². The molecule has 1 aromatic carbocycles. The van der Waals surface area contributed by atoms with Crippen LogP contribution in [0.4, 0.5) is 0 Å². The highest BCUT2D eigenvalue weighted by atomic mass is 15.2. The van der Waals surface area contributed by atoms with Crippen LogP contribution in [-0.2, 0) is 13.6 Å². The molecular formula is C27H38N4. The fourth-order valence-electron chi connectivity index (χ4n) is 5.50. The summed E-state index contributed by atoms with van der Waals surface area (Å²) in [4.78, 5) is 2.63. The number of nitrogens with zero attached hydrogens (tertiary/aromatic N) is 3. The summed E-state index contributed by atoms with van der Waals surface area (Å²) in [5.74, 6) is 0.807. The normalized spacial score (nSPS) is 18.6. The lowest BCUT2D eigenvalue weighted by Crippen LogP contribution is -2.48. The number of allylic oxidation sites excluding steroid dienone is 2. The van der Waals surface area contributed by atoms with E-state index in [9.17, 15) is 0 Å². The molecule has 2 aliphatic rings. The van der Waals surface area contributed by atoms with Crippen molar-refractivity contribution in [1.82, 2.24) is 20.0 Å². The smallest absolute Gasteiger partial charge is 0.0668 e. The maximum absolute atomic E-state index is 4.42. The van der Waals surface area contributed by atoms with E-state index in [0.29, 0.717) is 5.41 Å². The van der Waals surface area contributed by atoms with E-state index >= 15 is 0 Å². The van der Waals surface area contributed by atoms with Gasteiger partial charge in [0.2, 0.25) is 0 Å². The van der Waals surface area contributed by atoms with Gasteiger partial charge in [-0.2, -0.15) is 5.10 Å². The Morgan fingerprint density at radius 1 is 1.13 bits per heavy atom. The lowest BCUT2D eigenvalue weighted by atomic mass is 9.57. The number of nitrogens with one attached hydrogen (secondary N) is 1. The number of benzene rings is 1. The van der Waals surface area contributed by atoms with E-state index in [2.05, 4.69) is 65.0 Å². The Hall–Kier alpha value is -2.33. The number of piperidine rings is 1. The van der Waals surface area contributed by atoms with Gasteiger partial charge in [0.25, 0.3) is 0 Å². The summed E-state index contributed by atoms with van der Waals surface area (Å²) in [5.41, 5.74) is 6.58. The van der Waals surface area contributed by atoms with Crippen LogP contribution in [0.1, 0.15) is 55.3 Å². The van der Waals surface area contributed by atoms with Crippen molar-refractivity contribution in [2.24, 2.45) is 18.4 Å². The standard InChI is InChI=1S/C27H38N4/c1-21(26-20-30(4)29-23(26)3)10-11-22(2)28-18-25-16-27(17-25)12-14-31(15-13-27)19-24-8-6-5-7-9-24/h5-9,20,25,28H,1-2,10-19H2,3-4H3. The second-order valence-corrected chi connectivity index (χ2v) is 9.93. The number of rotatable bonds is 9. The van der Waals surface area contributed by atoms with Crippen molar-refractivity contribution >= 4 is 5.57 Å². The number of aryl methyl sites for hydroxylation is 2. The molecule has 4 nitrogen and oxygen atoms in total. The molecule has 1 aliphatic heterocycles. The maximum Gasteiger partial charge on any atom is 0.0668 e. The van der Waals surface area contributed by atoms with Crippen LogP contribution in [0.15, 0.2) is 55.4 Å². The number of hydrogen-bond donors (Lipinski definition) is 1. The highest BCUT2D eigenvalue weighted by molar-refractivity contribution is 5.64. The van der Waals surface area contributed by atoms with Gasteiger partial charge in [-0.15, -0.1) is 0 Å². The summed E-state index contributed by atoms with van der Waals surface area (Å²) in [7, 11) is 1.96. The molecule has 0 unspecified atom stereocenters. The van der Waals surface area contributed by atoms with Gasteiger partial charge in [-0.25, -0.2) is 0 Å². The average molecular weight is 419 g/mol. The Morgan fingerprint density at radius 3 is 2.48 bits per heavy atom. The second-order valence-electron chi connectivity index (χ2n) is 9.93. The van der Waals surface area contributed by atoms with E-state index in [1.54, 1.807) is 0 Å². The molecule has 1 spiro atoms. The van der Waals surface area contributed by atoms with Gasteiger partial charge in [0.15, 0.2) is 0 Å². The predicted octanol–water partition coefficient (Wildman–Crippen LogP) is 5.32. The van der Waals surface area contributed by atoms with E-state index in [1.807, 2.05) is 18.7 Å². The second kappa shape index (κ2) is 9.44. The highest BCUT2D eigenvalue weighted by Crippen LogP contribution is 2.52. The van der Waals surface area contributed by atoms with Gasteiger partial charge in [-0.05, 0) is 81.0 Å². The third-order valence-electron chi connectivity index (χ3n) is 7.37. The van der Waals surface area contributed by atoms with Gasteiger partial charge in [-0.3, -0.25) is 9.58 Å². The molecule has 0 atom stereocenters. The van der Waals surface area contributed by atoms with Gasteiger partial charge in [0.1, 0.15) is 0 Å². The summed E-state index contributed by atoms with van der Waals surface area (Å²) in [6, 6.07) is 10.9. The molecule has 2 heterocycles. The molecule has 0 amide bonds. The lowest BCUT2D eigenvalue weighted by Gasteiger charge is -2.52. The first kappa shape index (κ1) is 21.9. The molecule has 2 fully saturated rings. The van der Waals surface area contributed by atoms with Crippen molar-refractivity contribution in [3.63, 3.8) is 0 Å². The topological polar surface area (TPSA) is 33.1 Å². The molecule has 0 bridgehead atoms. The fourth-order valence-corrected chi connectivity index (χ4v) is 5.50. The SMILES string of the molecule is C=C(CCC(=C)c1cn(C)nc1C)NCC1CC2(CCN(Cc3ccccc3)CC2)C1. The van der Waals surface area contributed by atoms with Crippen molar-refractivity contribution in [3.8, 4) is 0 Å². The minimum atomic E-state index is 0.618. The van der Waals surface area contributed by atoms with E-state index < -0.39 is 0 Å². The van der Waals surface area contributed by atoms with Crippen molar-refractivity contribution in [2.75, 3.05) is 19.6 Å². The van der Waals surface area contributed by atoms with Crippen LogP contribution < -0.4 is 5.32 Å². The van der Waals surface area contributed by atoms with Crippen molar-refractivity contribution < 1.29 is 0 Å². The van der Waals surface area contributed by atoms with Crippen molar-refractivity contribution in [2.45, 2.75) is 52.0 Å². The van der Waals surface area contributed by atoms with Crippen molar-refractivity contribution in [1.29, 1.82) is 0 Å². The Labute approximate surface area is 188 Å². The number of likely N-dealkylation sites (tertiary alicyclic amines) is 1. The van der Waals surface area contributed by atoms with Crippen LogP contribution in [0.25, 0.3) is 5.57 Å². The van der Waals surface area contributed by atoms with E-state index in [0.717, 1.165) is 48.8 Å². The third kappa shape index (κ3) is 5.48. The Morgan fingerprint density at radius 2 is 1.84 bits per heavy atom. The van der Waals surface area contributed by atoms with E-state index in [4.69, 9.17) is 0 Å². The summed E-state index contributed by atoms with van der Waals surface area (Å²) in [6.45, 7) is 15.2. The molecular weight excluding hydrogens is 380 g/mol. The molecule has 1 N–H and O–H groups in total. The molecule has 1 saturated carbocycles. The van der Waals surface area contributed by atoms with Gasteiger partial charge in [0, 0.05) is 37.6 Å². The summed E-state index contributed by atoms with van der Waals surface area (Å²) >= 11 is 0. The average Bonchev–Trinajstić information content (AvgIpc) is 3.09. The predicted molar refractivity (Wildman–Crippen MR) is 129 cm³/mol. The Kier molecular flexibility index (Phi) is 6.66. The molecule has 31 heavy (non-hydrogen) atoms. The third-order valence-corrected chi connectivity index (χ3v) is 7.37. The van der Waals surface area contributed by atoms with E-state index in [-0.39, 0.29) is 0 Å². The minimum Gasteiger partial charge on any atom is -0.389 e. The molecule has 4 heteroatoms. The number of aromatic nitrogens is 2. The quantitative estimate of drug-likeness (QED) is 0.598. The molecule has 166 valence electrons. The molecule has 1 aliphatic carbocycles. The van der Waals surface area contributed by atoms with Crippen LogP contribution in [0.2, 0.25) is 0 Å². The van der Waals surface area contributed by atoms with Gasteiger partial charge in [0.05, 0.1) is 5.69 Å². The summed E-state index contributed by atoms with van der Waals surface area (Å²) in [6.07, 6.45) is 9.43. The van der Waals surface area contributed by atoms with Gasteiger partial charge >= 0.3 is 0 Å². The van der Waals surface area contributed by atoms with Gasteiger partial charge < -0.3 is 5.32 Å². The first-order valence-electron chi connectivity index (χ1n) is 11.8.